The summed E-state index contributed by atoms with van der Waals surface area (Å²) in [5.41, 5.74) is -0.745. The van der Waals surface area contributed by atoms with E-state index in [0.717, 1.165) is 18.2 Å². The summed E-state index contributed by atoms with van der Waals surface area (Å²) < 4.78 is 0. The lowest BCUT2D eigenvalue weighted by Crippen LogP contribution is -2.36. The van der Waals surface area contributed by atoms with Crippen LogP contribution in [0.5, 0.6) is 0 Å². The fraction of sp³-hybridized carbons (Fsp3) is 0.636. The van der Waals surface area contributed by atoms with Crippen molar-refractivity contribution in [3.05, 3.63) is 12.4 Å². The molecule has 0 spiro atoms. The highest BCUT2D eigenvalue weighted by molar-refractivity contribution is 5.43. The molecular formula is C11H20N4O. The van der Waals surface area contributed by atoms with E-state index in [2.05, 4.69) is 15.3 Å². The van der Waals surface area contributed by atoms with E-state index in [1.54, 1.807) is 26.2 Å². The summed E-state index contributed by atoms with van der Waals surface area (Å²) in [4.78, 5) is 10.4. The number of nitrogens with zero attached hydrogens (tertiary/aromatic N) is 3. The van der Waals surface area contributed by atoms with Crippen LogP contribution in [-0.4, -0.2) is 40.8 Å². The maximum Gasteiger partial charge on any atom is 0.149 e. The molecular weight excluding hydrogens is 204 g/mol. The van der Waals surface area contributed by atoms with E-state index >= 15 is 0 Å². The summed E-state index contributed by atoms with van der Waals surface area (Å²) in [5, 5.41) is 12.8. The number of hydrogen-bond acceptors (Lipinski definition) is 5. The Hall–Kier alpha value is -1.36. The lowest BCUT2D eigenvalue weighted by atomic mass is 10.1. The monoisotopic (exact) mass is 224 g/mol. The molecule has 1 rings (SSSR count). The van der Waals surface area contributed by atoms with E-state index in [4.69, 9.17) is 0 Å². The van der Waals surface area contributed by atoms with Gasteiger partial charge in [-0.05, 0) is 20.8 Å². The van der Waals surface area contributed by atoms with Crippen LogP contribution >= 0.6 is 0 Å². The molecule has 1 heterocycles. The molecule has 0 aliphatic carbocycles. The third-order valence-corrected chi connectivity index (χ3v) is 1.99. The van der Waals surface area contributed by atoms with E-state index in [1.807, 2.05) is 18.9 Å². The Morgan fingerprint density at radius 3 is 2.69 bits per heavy atom. The largest absolute Gasteiger partial charge is 0.389 e. The lowest BCUT2D eigenvalue weighted by molar-refractivity contribution is 0.0884. The summed E-state index contributed by atoms with van der Waals surface area (Å²) in [5.74, 6) is 1.50. The van der Waals surface area contributed by atoms with Gasteiger partial charge in [0.05, 0.1) is 18.0 Å². The maximum atomic E-state index is 9.72. The van der Waals surface area contributed by atoms with E-state index in [9.17, 15) is 5.11 Å². The molecule has 0 aromatic carbocycles. The molecule has 2 N–H and O–H groups in total. The number of rotatable bonds is 5. The first-order chi connectivity index (χ1) is 7.42. The summed E-state index contributed by atoms with van der Waals surface area (Å²) in [7, 11) is 1.89. The molecule has 0 unspecified atom stereocenters. The van der Waals surface area contributed by atoms with E-state index < -0.39 is 5.60 Å². The van der Waals surface area contributed by atoms with Crippen LogP contribution in [0.15, 0.2) is 12.4 Å². The van der Waals surface area contributed by atoms with Crippen molar-refractivity contribution in [1.29, 1.82) is 0 Å². The summed E-state index contributed by atoms with van der Waals surface area (Å²) >= 11 is 0. The molecule has 0 aliphatic rings. The second kappa shape index (κ2) is 5.12. The molecule has 90 valence electrons. The Kier molecular flexibility index (Phi) is 4.06. The number of nitrogens with one attached hydrogen (secondary N) is 1. The molecule has 1 aromatic heterocycles. The first kappa shape index (κ1) is 12.7. The topological polar surface area (TPSA) is 61.3 Å². The van der Waals surface area contributed by atoms with Gasteiger partial charge >= 0.3 is 0 Å². The lowest BCUT2D eigenvalue weighted by Gasteiger charge is -2.26. The van der Waals surface area contributed by atoms with Gasteiger partial charge in [0.25, 0.3) is 0 Å². The quantitative estimate of drug-likeness (QED) is 0.784. The number of likely N-dealkylation sites (N-methyl/N-ethyl adjacent to an activating group) is 1. The molecule has 0 atom stereocenters. The molecule has 0 saturated carbocycles. The van der Waals surface area contributed by atoms with E-state index in [1.165, 1.54) is 0 Å². The molecule has 0 saturated heterocycles. The van der Waals surface area contributed by atoms with Crippen molar-refractivity contribution < 1.29 is 5.11 Å². The highest BCUT2D eigenvalue weighted by Crippen LogP contribution is 2.13. The molecule has 5 heteroatoms. The van der Waals surface area contributed by atoms with Crippen molar-refractivity contribution in [1.82, 2.24) is 9.97 Å². The third-order valence-electron chi connectivity index (χ3n) is 1.99. The highest BCUT2D eigenvalue weighted by Gasteiger charge is 2.16. The summed E-state index contributed by atoms with van der Waals surface area (Å²) in [6, 6.07) is 0. The summed E-state index contributed by atoms with van der Waals surface area (Å²) in [6.07, 6.45) is 3.37. The number of anilines is 2. The molecule has 0 amide bonds. The Morgan fingerprint density at radius 2 is 2.12 bits per heavy atom. The minimum Gasteiger partial charge on any atom is -0.389 e. The predicted molar refractivity (Wildman–Crippen MR) is 65.8 cm³/mol. The van der Waals surface area contributed by atoms with Crippen molar-refractivity contribution in [3.8, 4) is 0 Å². The molecule has 0 aliphatic heterocycles. The Bertz CT molecular complexity index is 335. The standard InChI is InChI=1S/C11H20N4O/c1-5-13-9-6-12-7-10(14-9)15(4)8-11(2,3)16/h6-7,16H,5,8H2,1-4H3,(H,13,14). The molecule has 5 nitrogen and oxygen atoms in total. The Balaban J connectivity index is 2.75. The zero-order valence-electron chi connectivity index (χ0n) is 10.4. The average molecular weight is 224 g/mol. The van der Waals surface area contributed by atoms with Gasteiger partial charge in [-0.3, -0.25) is 4.98 Å². The van der Waals surface area contributed by atoms with Crippen LogP contribution in [0.1, 0.15) is 20.8 Å². The first-order valence-corrected chi connectivity index (χ1v) is 5.42. The number of aromatic nitrogens is 2. The van der Waals surface area contributed by atoms with Crippen LogP contribution in [0.4, 0.5) is 11.6 Å². The average Bonchev–Trinajstić information content (AvgIpc) is 2.16. The number of aliphatic hydroxyl groups is 1. The molecule has 1 aromatic rings. The predicted octanol–water partition coefficient (Wildman–Crippen LogP) is 1.12. The molecule has 0 radical (unpaired) electrons. The van der Waals surface area contributed by atoms with Gasteiger partial charge in [0.1, 0.15) is 11.6 Å². The van der Waals surface area contributed by atoms with Gasteiger partial charge in [0.15, 0.2) is 0 Å². The van der Waals surface area contributed by atoms with Crippen LogP contribution in [-0.2, 0) is 0 Å². The zero-order chi connectivity index (χ0) is 12.2. The molecule has 16 heavy (non-hydrogen) atoms. The second-order valence-electron chi connectivity index (χ2n) is 4.46. The number of hydrogen-bond donors (Lipinski definition) is 2. The first-order valence-electron chi connectivity index (χ1n) is 5.42. The normalized spacial score (nSPS) is 11.3. The maximum absolute atomic E-state index is 9.72. The molecule has 0 fully saturated rings. The van der Waals surface area contributed by atoms with Crippen LogP contribution in [0.3, 0.4) is 0 Å². The fourth-order valence-corrected chi connectivity index (χ4v) is 1.47. The van der Waals surface area contributed by atoms with E-state index in [0.29, 0.717) is 6.54 Å². The van der Waals surface area contributed by atoms with Gasteiger partial charge in [-0.2, -0.15) is 0 Å². The van der Waals surface area contributed by atoms with Crippen molar-refractivity contribution >= 4 is 11.6 Å². The van der Waals surface area contributed by atoms with Gasteiger partial charge in [-0.15, -0.1) is 0 Å². The third kappa shape index (κ3) is 4.02. The van der Waals surface area contributed by atoms with Crippen molar-refractivity contribution in [3.63, 3.8) is 0 Å². The second-order valence-corrected chi connectivity index (χ2v) is 4.46. The smallest absolute Gasteiger partial charge is 0.149 e. The van der Waals surface area contributed by atoms with Gasteiger partial charge in [-0.1, -0.05) is 0 Å². The van der Waals surface area contributed by atoms with Crippen LogP contribution in [0.2, 0.25) is 0 Å². The van der Waals surface area contributed by atoms with Gasteiger partial charge in [0.2, 0.25) is 0 Å². The zero-order valence-corrected chi connectivity index (χ0v) is 10.4. The van der Waals surface area contributed by atoms with E-state index in [-0.39, 0.29) is 0 Å². The van der Waals surface area contributed by atoms with Crippen LogP contribution in [0, 0.1) is 0 Å². The van der Waals surface area contributed by atoms with Crippen molar-refractivity contribution in [2.24, 2.45) is 0 Å². The Labute approximate surface area is 96.5 Å². The SMILES string of the molecule is CCNc1cncc(N(C)CC(C)(C)O)n1. The van der Waals surface area contributed by atoms with Gasteiger partial charge in [0, 0.05) is 20.1 Å². The molecule has 0 bridgehead atoms. The minimum absolute atomic E-state index is 0.511. The fourth-order valence-electron chi connectivity index (χ4n) is 1.47. The highest BCUT2D eigenvalue weighted by atomic mass is 16.3. The summed E-state index contributed by atoms with van der Waals surface area (Å²) in [6.45, 7) is 6.87. The van der Waals surface area contributed by atoms with Gasteiger partial charge in [-0.25, -0.2) is 4.98 Å². The van der Waals surface area contributed by atoms with Crippen LogP contribution < -0.4 is 10.2 Å². The van der Waals surface area contributed by atoms with Crippen LogP contribution in [0.25, 0.3) is 0 Å². The Morgan fingerprint density at radius 1 is 1.44 bits per heavy atom. The van der Waals surface area contributed by atoms with Crippen molar-refractivity contribution in [2.45, 2.75) is 26.4 Å². The van der Waals surface area contributed by atoms with Gasteiger partial charge < -0.3 is 15.3 Å². The minimum atomic E-state index is -0.745. The van der Waals surface area contributed by atoms with Crippen molar-refractivity contribution in [2.75, 3.05) is 30.4 Å².